The summed E-state index contributed by atoms with van der Waals surface area (Å²) in [7, 11) is -1.70. The number of hydrogen-bond donors (Lipinski definition) is 2. The number of nitrogens with one attached hydrogen (secondary N) is 1. The van der Waals surface area contributed by atoms with Gasteiger partial charge in [-0.15, -0.1) is 0 Å². The lowest BCUT2D eigenvalue weighted by Crippen LogP contribution is -2.36. The topological polar surface area (TPSA) is 66.4 Å². The average molecular weight is 357 g/mol. The van der Waals surface area contributed by atoms with E-state index in [2.05, 4.69) is 0 Å². The van der Waals surface area contributed by atoms with Crippen molar-refractivity contribution < 1.29 is 27.3 Å². The third-order valence-corrected chi connectivity index (χ3v) is 4.81. The predicted octanol–water partition coefficient (Wildman–Crippen LogP) is 2.52. The van der Waals surface area contributed by atoms with Crippen LogP contribution >= 0.6 is 0 Å². The molecule has 1 atom stereocenters. The van der Waals surface area contributed by atoms with Crippen molar-refractivity contribution in [2.24, 2.45) is 0 Å². The Kier molecular flexibility index (Phi) is 5.74. The first-order valence-electron chi connectivity index (χ1n) is 6.88. The van der Waals surface area contributed by atoms with Crippen LogP contribution in [0.4, 0.5) is 13.2 Å². The maximum Gasteiger partial charge on any atom is 0.471 e. The lowest BCUT2D eigenvalue weighted by atomic mass is 10.2. The highest BCUT2D eigenvalue weighted by atomic mass is 32.2. The van der Waals surface area contributed by atoms with Gasteiger partial charge in [-0.3, -0.25) is 4.79 Å². The molecule has 0 fully saturated rings. The Hall–Kier alpha value is -2.19. The van der Waals surface area contributed by atoms with Gasteiger partial charge in [-0.1, -0.05) is 36.4 Å². The first-order chi connectivity index (χ1) is 11.3. The van der Waals surface area contributed by atoms with Crippen LogP contribution in [0, 0.1) is 0 Å². The third-order valence-electron chi connectivity index (χ3n) is 3.21. The van der Waals surface area contributed by atoms with Crippen LogP contribution in [0.15, 0.2) is 58.3 Å². The molecule has 24 heavy (non-hydrogen) atoms. The normalized spacial score (nSPS) is 12.7. The molecule has 1 amide bonds. The molecule has 0 aliphatic rings. The summed E-state index contributed by atoms with van der Waals surface area (Å²) in [5.74, 6) is -2.06. The summed E-state index contributed by atoms with van der Waals surface area (Å²) < 4.78 is 49.6. The van der Waals surface area contributed by atoms with Gasteiger partial charge in [-0.25, -0.2) is 4.21 Å². The lowest BCUT2D eigenvalue weighted by molar-refractivity contribution is -0.173. The smallest absolute Gasteiger partial charge is 0.392 e. The zero-order valence-corrected chi connectivity index (χ0v) is 13.2. The Morgan fingerprint density at radius 3 is 2.04 bits per heavy atom. The van der Waals surface area contributed by atoms with Gasteiger partial charge >= 0.3 is 12.1 Å². The van der Waals surface area contributed by atoms with E-state index in [9.17, 15) is 27.3 Å². The first kappa shape index (κ1) is 18.2. The van der Waals surface area contributed by atoms with Crippen LogP contribution in [-0.2, 0) is 28.7 Å². The van der Waals surface area contributed by atoms with Crippen LogP contribution in [0.1, 0.15) is 11.1 Å². The molecule has 2 aromatic carbocycles. The molecule has 2 N–H and O–H groups in total. The molecule has 0 aliphatic heterocycles. The van der Waals surface area contributed by atoms with E-state index in [-0.39, 0.29) is 11.5 Å². The summed E-state index contributed by atoms with van der Waals surface area (Å²) in [5, 5.41) is 11.1. The van der Waals surface area contributed by atoms with Crippen LogP contribution in [0.25, 0.3) is 0 Å². The molecule has 2 rings (SSSR count). The minimum Gasteiger partial charge on any atom is -0.392 e. The number of aliphatic hydroxyl groups excluding tert-OH is 1. The fourth-order valence-corrected chi connectivity index (χ4v) is 3.43. The van der Waals surface area contributed by atoms with Gasteiger partial charge in [0.2, 0.25) is 0 Å². The van der Waals surface area contributed by atoms with Gasteiger partial charge in [0.1, 0.15) is 0 Å². The van der Waals surface area contributed by atoms with Gasteiger partial charge in [-0.2, -0.15) is 13.2 Å². The van der Waals surface area contributed by atoms with E-state index in [1.165, 1.54) is 12.1 Å². The van der Waals surface area contributed by atoms with Gasteiger partial charge in [0.05, 0.1) is 17.4 Å². The molecule has 8 heteroatoms. The van der Waals surface area contributed by atoms with Gasteiger partial charge in [0.25, 0.3) is 0 Å². The molecule has 0 saturated carbocycles. The van der Waals surface area contributed by atoms with Crippen molar-refractivity contribution in [3.05, 3.63) is 59.7 Å². The first-order valence-corrected chi connectivity index (χ1v) is 8.03. The summed E-state index contributed by atoms with van der Waals surface area (Å²) in [6.45, 7) is -0.712. The quantitative estimate of drug-likeness (QED) is 0.864. The summed E-state index contributed by atoms with van der Waals surface area (Å²) >= 11 is 0. The number of carbonyl (C=O) groups excluding carboxylic acids is 1. The highest BCUT2D eigenvalue weighted by Gasteiger charge is 2.38. The van der Waals surface area contributed by atoms with Crippen LogP contribution in [0.5, 0.6) is 0 Å². The number of halogens is 3. The van der Waals surface area contributed by atoms with Crippen molar-refractivity contribution in [1.29, 1.82) is 0 Å². The predicted molar refractivity (Wildman–Crippen MR) is 81.4 cm³/mol. The number of hydrogen-bond acceptors (Lipinski definition) is 3. The number of amides is 1. The van der Waals surface area contributed by atoms with E-state index in [0.29, 0.717) is 16.0 Å². The summed E-state index contributed by atoms with van der Waals surface area (Å²) in [4.78, 5) is 11.6. The molecular weight excluding hydrogens is 343 g/mol. The molecule has 0 radical (unpaired) electrons. The zero-order valence-electron chi connectivity index (χ0n) is 12.3. The van der Waals surface area contributed by atoms with E-state index >= 15 is 0 Å². The Balaban J connectivity index is 2.28. The Labute approximate surface area is 138 Å². The number of benzene rings is 2. The van der Waals surface area contributed by atoms with Crippen LogP contribution in [-0.4, -0.2) is 21.4 Å². The molecule has 0 spiro atoms. The number of carbonyl (C=O) groups is 1. The summed E-state index contributed by atoms with van der Waals surface area (Å²) in [5.41, 5.74) is 0.770. The number of rotatable bonds is 5. The van der Waals surface area contributed by atoms with Crippen LogP contribution in [0.3, 0.4) is 0 Å². The van der Waals surface area contributed by atoms with Gasteiger partial charge in [0.15, 0.2) is 0 Å². The van der Waals surface area contributed by atoms with E-state index in [1.54, 1.807) is 41.7 Å². The lowest BCUT2D eigenvalue weighted by Gasteiger charge is -2.13. The van der Waals surface area contributed by atoms with Crippen molar-refractivity contribution in [2.45, 2.75) is 29.1 Å². The second kappa shape index (κ2) is 7.59. The van der Waals surface area contributed by atoms with Gasteiger partial charge < -0.3 is 10.4 Å². The molecule has 0 aliphatic carbocycles. The second-order valence-electron chi connectivity index (χ2n) is 4.82. The summed E-state index contributed by atoms with van der Waals surface area (Å²) in [6.07, 6.45) is -4.97. The average Bonchev–Trinajstić information content (AvgIpc) is 2.58. The fraction of sp³-hybridized carbons (Fsp3) is 0.188. The monoisotopic (exact) mass is 357 g/mol. The third kappa shape index (κ3) is 4.21. The molecule has 4 nitrogen and oxygen atoms in total. The molecule has 0 aromatic heterocycles. The number of alkyl halides is 3. The minimum absolute atomic E-state index is 0.279. The van der Waals surface area contributed by atoms with Crippen molar-refractivity contribution in [3.8, 4) is 0 Å². The van der Waals surface area contributed by atoms with E-state index in [0.717, 1.165) is 0 Å². The Morgan fingerprint density at radius 1 is 1.00 bits per heavy atom. The Morgan fingerprint density at radius 2 is 1.50 bits per heavy atom. The van der Waals surface area contributed by atoms with E-state index in [1.807, 2.05) is 0 Å². The number of aliphatic hydroxyl groups is 1. The maximum atomic E-state index is 12.8. The summed E-state index contributed by atoms with van der Waals surface area (Å²) in [6, 6.07) is 12.7. The van der Waals surface area contributed by atoms with Crippen molar-refractivity contribution in [2.75, 3.05) is 0 Å². The molecule has 1 unspecified atom stereocenters. The highest BCUT2D eigenvalue weighted by Crippen LogP contribution is 2.23. The zero-order chi connectivity index (χ0) is 17.7. The van der Waals surface area contributed by atoms with E-state index < -0.39 is 29.4 Å². The van der Waals surface area contributed by atoms with Crippen molar-refractivity contribution >= 4 is 16.7 Å². The Bertz CT molecular complexity index is 762. The molecule has 0 heterocycles. The highest BCUT2D eigenvalue weighted by molar-refractivity contribution is 7.85. The van der Waals surface area contributed by atoms with Gasteiger partial charge in [0, 0.05) is 16.3 Å². The fourth-order valence-electron chi connectivity index (χ4n) is 2.04. The van der Waals surface area contributed by atoms with Crippen LogP contribution in [0.2, 0.25) is 0 Å². The van der Waals surface area contributed by atoms with Crippen molar-refractivity contribution in [3.63, 3.8) is 0 Å². The molecule has 128 valence electrons. The maximum absolute atomic E-state index is 12.8. The molecule has 0 bridgehead atoms. The second-order valence-corrected chi connectivity index (χ2v) is 6.24. The van der Waals surface area contributed by atoms with E-state index in [4.69, 9.17) is 0 Å². The largest absolute Gasteiger partial charge is 0.471 e. The SMILES string of the molecule is O=C(NCc1ccccc1S(=O)c1ccccc1CO)C(F)(F)F. The standard InChI is InChI=1S/C16H14F3NO3S/c17-16(18,19)15(22)20-9-11-5-1-3-7-13(11)24(23)14-8-4-2-6-12(14)10-21/h1-8,21H,9-10H2,(H,20,22). The van der Waals surface area contributed by atoms with Crippen LogP contribution < -0.4 is 5.32 Å². The van der Waals surface area contributed by atoms with Crippen molar-refractivity contribution in [1.82, 2.24) is 5.32 Å². The minimum atomic E-state index is -4.97. The molecule has 0 saturated heterocycles. The molecular formula is C16H14F3NO3S. The molecule has 2 aromatic rings. The van der Waals surface area contributed by atoms with Gasteiger partial charge in [-0.05, 0) is 23.3 Å².